The third-order valence-corrected chi connectivity index (χ3v) is 2.94. The van der Waals surface area contributed by atoms with Crippen LogP contribution in [0, 0.1) is 0 Å². The monoisotopic (exact) mass is 248 g/mol. The molecule has 5 nitrogen and oxygen atoms in total. The van der Waals surface area contributed by atoms with E-state index in [1.165, 1.54) is 11.8 Å². The second-order valence-electron chi connectivity index (χ2n) is 2.38. The first kappa shape index (κ1) is 12.3. The molecule has 0 spiro atoms. The summed E-state index contributed by atoms with van der Waals surface area (Å²) in [6.07, 6.45) is 0. The molecule has 1 aromatic rings. The van der Waals surface area contributed by atoms with Crippen LogP contribution in [0.1, 0.15) is 0 Å². The van der Waals surface area contributed by atoms with E-state index in [-0.39, 0.29) is 5.75 Å². The molecule has 0 aliphatic heterocycles. The lowest BCUT2D eigenvalue weighted by Crippen LogP contribution is -1.97. The highest BCUT2D eigenvalue weighted by molar-refractivity contribution is 8.00. The van der Waals surface area contributed by atoms with Gasteiger partial charge in [-0.15, -0.1) is 16.1 Å². The Kier molecular flexibility index (Phi) is 5.51. The van der Waals surface area contributed by atoms with Crippen molar-refractivity contribution in [2.24, 2.45) is 0 Å². The van der Waals surface area contributed by atoms with E-state index in [4.69, 9.17) is 10.4 Å². The van der Waals surface area contributed by atoms with Crippen molar-refractivity contribution in [3.63, 3.8) is 0 Å². The highest BCUT2D eigenvalue weighted by Crippen LogP contribution is 2.23. The quantitative estimate of drug-likeness (QED) is 0.346. The molecule has 82 valence electrons. The van der Waals surface area contributed by atoms with Crippen molar-refractivity contribution in [3.05, 3.63) is 24.3 Å². The molecule has 0 aromatic heterocycles. The van der Waals surface area contributed by atoms with Crippen molar-refractivity contribution in [1.29, 1.82) is 0 Å². The number of hydrogen-bond acceptors (Lipinski definition) is 6. The average Bonchev–Trinajstić information content (AvgIpc) is 2.25. The minimum atomic E-state index is -0.851. The highest BCUT2D eigenvalue weighted by Gasteiger charge is 2.00. The van der Waals surface area contributed by atoms with E-state index in [1.807, 2.05) is 0 Å². The van der Waals surface area contributed by atoms with Gasteiger partial charge >= 0.3 is 5.97 Å². The first-order valence-corrected chi connectivity index (χ1v) is 5.54. The molecule has 1 rings (SSSR count). The SMILES string of the molecule is O=C(O)CSc1ccc(SOOO)cc1. The van der Waals surface area contributed by atoms with Gasteiger partial charge in [0.15, 0.2) is 0 Å². The minimum Gasteiger partial charge on any atom is -0.481 e. The summed E-state index contributed by atoms with van der Waals surface area (Å²) in [5, 5.41) is 19.8. The Morgan fingerprint density at radius 3 is 2.40 bits per heavy atom. The Bertz CT molecular complexity index is 313. The first-order chi connectivity index (χ1) is 7.22. The summed E-state index contributed by atoms with van der Waals surface area (Å²) >= 11 is 2.09. The largest absolute Gasteiger partial charge is 0.481 e. The summed E-state index contributed by atoms with van der Waals surface area (Å²) in [6.45, 7) is 0. The standard InChI is InChI=1S/C8H8O5S2/c9-8(10)5-14-6-1-3-7(4-2-6)15-13-12-11/h1-4,11H,5H2,(H,9,10). The van der Waals surface area contributed by atoms with Gasteiger partial charge in [0.1, 0.15) is 0 Å². The lowest BCUT2D eigenvalue weighted by Gasteiger charge is -2.00. The summed E-state index contributed by atoms with van der Waals surface area (Å²) in [5.74, 6) is -0.821. The Hall–Kier alpha value is -0.730. The topological polar surface area (TPSA) is 76.0 Å². The number of benzene rings is 1. The summed E-state index contributed by atoms with van der Waals surface area (Å²) in [6, 6.07) is 6.98. The summed E-state index contributed by atoms with van der Waals surface area (Å²) in [5.41, 5.74) is 0. The number of carboxylic acids is 1. The molecule has 7 heteroatoms. The van der Waals surface area contributed by atoms with Crippen molar-refractivity contribution in [2.45, 2.75) is 9.79 Å². The molecule has 0 aliphatic rings. The fourth-order valence-corrected chi connectivity index (χ4v) is 1.77. The van der Waals surface area contributed by atoms with Gasteiger partial charge in [-0.2, -0.15) is 0 Å². The molecule has 0 unspecified atom stereocenters. The lowest BCUT2D eigenvalue weighted by atomic mass is 10.4. The fourth-order valence-electron chi connectivity index (χ4n) is 0.791. The van der Waals surface area contributed by atoms with Gasteiger partial charge in [-0.1, -0.05) is 5.04 Å². The van der Waals surface area contributed by atoms with Gasteiger partial charge in [0, 0.05) is 9.79 Å². The molecular weight excluding hydrogens is 240 g/mol. The minimum absolute atomic E-state index is 0.0305. The van der Waals surface area contributed by atoms with Crippen molar-refractivity contribution < 1.29 is 24.5 Å². The number of carboxylic acid groups (broad SMARTS) is 1. The van der Waals surface area contributed by atoms with E-state index in [1.54, 1.807) is 24.3 Å². The predicted octanol–water partition coefficient (Wildman–Crippen LogP) is 2.29. The molecule has 15 heavy (non-hydrogen) atoms. The number of hydrogen-bond donors (Lipinski definition) is 2. The van der Waals surface area contributed by atoms with E-state index >= 15 is 0 Å². The van der Waals surface area contributed by atoms with Crippen LogP contribution >= 0.6 is 23.8 Å². The Morgan fingerprint density at radius 2 is 1.87 bits per heavy atom. The second kappa shape index (κ2) is 6.70. The van der Waals surface area contributed by atoms with E-state index in [0.29, 0.717) is 0 Å². The van der Waals surface area contributed by atoms with Crippen LogP contribution in [0.5, 0.6) is 0 Å². The summed E-state index contributed by atoms with van der Waals surface area (Å²) < 4.78 is 4.23. The normalized spacial score (nSPS) is 10.2. The van der Waals surface area contributed by atoms with Crippen LogP contribution in [0.2, 0.25) is 0 Å². The van der Waals surface area contributed by atoms with Gasteiger partial charge in [-0.05, 0) is 24.3 Å². The Labute approximate surface area is 94.5 Å². The van der Waals surface area contributed by atoms with Gasteiger partial charge < -0.3 is 5.11 Å². The second-order valence-corrected chi connectivity index (χ2v) is 4.20. The highest BCUT2D eigenvalue weighted by atomic mass is 32.2. The molecule has 0 atom stereocenters. The third kappa shape index (κ3) is 5.05. The Balaban J connectivity index is 2.45. The van der Waals surface area contributed by atoms with Gasteiger partial charge in [-0.3, -0.25) is 4.79 Å². The van der Waals surface area contributed by atoms with Gasteiger partial charge in [0.25, 0.3) is 0 Å². The zero-order valence-corrected chi connectivity index (χ0v) is 9.09. The molecule has 0 saturated carbocycles. The fraction of sp³-hybridized carbons (Fsp3) is 0.125. The van der Waals surface area contributed by atoms with Crippen LogP contribution in [0.25, 0.3) is 0 Å². The lowest BCUT2D eigenvalue weighted by molar-refractivity contribution is -0.432. The predicted molar refractivity (Wildman–Crippen MR) is 55.5 cm³/mol. The van der Waals surface area contributed by atoms with Crippen molar-refractivity contribution in [1.82, 2.24) is 0 Å². The van der Waals surface area contributed by atoms with Gasteiger partial charge in [0.05, 0.1) is 17.8 Å². The molecule has 0 saturated heterocycles. The smallest absolute Gasteiger partial charge is 0.313 e. The maximum Gasteiger partial charge on any atom is 0.313 e. The average molecular weight is 248 g/mol. The van der Waals surface area contributed by atoms with Crippen LogP contribution in [-0.2, 0) is 14.2 Å². The van der Waals surface area contributed by atoms with Gasteiger partial charge in [0.2, 0.25) is 0 Å². The van der Waals surface area contributed by atoms with Crippen LogP contribution in [0.3, 0.4) is 0 Å². The molecule has 1 aromatic carbocycles. The van der Waals surface area contributed by atoms with E-state index in [9.17, 15) is 4.79 Å². The van der Waals surface area contributed by atoms with Crippen LogP contribution in [-0.4, -0.2) is 22.1 Å². The molecule has 0 bridgehead atoms. The maximum absolute atomic E-state index is 10.3. The van der Waals surface area contributed by atoms with E-state index in [2.05, 4.69) is 9.37 Å². The zero-order chi connectivity index (χ0) is 11.1. The number of rotatable bonds is 6. The third-order valence-electron chi connectivity index (χ3n) is 1.35. The van der Waals surface area contributed by atoms with Crippen molar-refractivity contribution in [3.8, 4) is 0 Å². The molecule has 2 N–H and O–H groups in total. The van der Waals surface area contributed by atoms with Crippen LogP contribution < -0.4 is 0 Å². The van der Waals surface area contributed by atoms with Crippen molar-refractivity contribution in [2.75, 3.05) is 5.75 Å². The molecule has 0 heterocycles. The molecule has 0 aliphatic carbocycles. The van der Waals surface area contributed by atoms with E-state index < -0.39 is 5.97 Å². The number of aliphatic carboxylic acids is 1. The van der Waals surface area contributed by atoms with E-state index in [0.717, 1.165) is 21.8 Å². The number of carbonyl (C=O) groups is 1. The first-order valence-electron chi connectivity index (χ1n) is 3.82. The maximum atomic E-state index is 10.3. The van der Waals surface area contributed by atoms with Crippen LogP contribution in [0.15, 0.2) is 34.1 Å². The summed E-state index contributed by atoms with van der Waals surface area (Å²) in [7, 11) is 0. The summed E-state index contributed by atoms with van der Waals surface area (Å²) in [4.78, 5) is 11.9. The van der Waals surface area contributed by atoms with Gasteiger partial charge in [-0.25, -0.2) is 5.26 Å². The molecule has 0 radical (unpaired) electrons. The van der Waals surface area contributed by atoms with Crippen molar-refractivity contribution >= 4 is 29.8 Å². The molecule has 0 amide bonds. The Morgan fingerprint density at radius 1 is 1.27 bits per heavy atom. The number of thioether (sulfide) groups is 1. The zero-order valence-electron chi connectivity index (χ0n) is 7.45. The molecular formula is C8H8O5S2. The molecule has 0 fully saturated rings. The van der Waals surface area contributed by atoms with Crippen LogP contribution in [0.4, 0.5) is 0 Å².